The predicted molar refractivity (Wildman–Crippen MR) is 99.4 cm³/mol. The van der Waals surface area contributed by atoms with Crippen molar-refractivity contribution in [3.63, 3.8) is 0 Å². The lowest BCUT2D eigenvalue weighted by atomic mass is 10.1. The molecule has 1 fully saturated rings. The molecule has 0 aromatic heterocycles. The molecule has 0 spiro atoms. The number of rotatable bonds is 6. The first kappa shape index (κ1) is 18.9. The van der Waals surface area contributed by atoms with E-state index in [4.69, 9.17) is 19.5 Å². The molecular formula is C21H22N2O4. The van der Waals surface area contributed by atoms with Gasteiger partial charge < -0.3 is 14.2 Å². The Bertz CT molecular complexity index is 817. The maximum atomic E-state index is 12.3. The van der Waals surface area contributed by atoms with Gasteiger partial charge in [0.25, 0.3) is 0 Å². The van der Waals surface area contributed by atoms with Gasteiger partial charge in [-0.15, -0.1) is 0 Å². The highest BCUT2D eigenvalue weighted by Crippen LogP contribution is 2.28. The lowest BCUT2D eigenvalue weighted by Gasteiger charge is -2.32. The van der Waals surface area contributed by atoms with Gasteiger partial charge in [0.1, 0.15) is 0 Å². The molecule has 2 aromatic carbocycles. The van der Waals surface area contributed by atoms with E-state index in [0.717, 1.165) is 13.1 Å². The molecule has 1 unspecified atom stereocenters. The van der Waals surface area contributed by atoms with Crippen LogP contribution in [0, 0.1) is 11.3 Å². The summed E-state index contributed by atoms with van der Waals surface area (Å²) in [4.78, 5) is 14.6. The van der Waals surface area contributed by atoms with Gasteiger partial charge >= 0.3 is 5.97 Å². The monoisotopic (exact) mass is 366 g/mol. The largest absolute Gasteiger partial charge is 0.493 e. The minimum atomic E-state index is -0.385. The van der Waals surface area contributed by atoms with Crippen LogP contribution in [0.4, 0.5) is 0 Å². The summed E-state index contributed by atoms with van der Waals surface area (Å²) >= 11 is 0. The first-order valence-electron chi connectivity index (χ1n) is 8.84. The lowest BCUT2D eigenvalue weighted by molar-refractivity contribution is -0.139. The first-order chi connectivity index (χ1) is 13.2. The number of carbonyl (C=O) groups is 1. The minimum absolute atomic E-state index is 0.161. The second-order valence-electron chi connectivity index (χ2n) is 6.37. The average Bonchev–Trinajstić information content (AvgIpc) is 2.69. The van der Waals surface area contributed by atoms with E-state index in [9.17, 15) is 4.79 Å². The van der Waals surface area contributed by atoms with Crippen molar-refractivity contribution in [2.45, 2.75) is 19.1 Å². The number of methoxy groups -OCH3 is 1. The number of hydrogen-bond acceptors (Lipinski definition) is 6. The summed E-state index contributed by atoms with van der Waals surface area (Å²) in [6.45, 7) is 2.93. The second-order valence-corrected chi connectivity index (χ2v) is 6.37. The van der Waals surface area contributed by atoms with Crippen molar-refractivity contribution in [3.05, 3.63) is 59.7 Å². The lowest BCUT2D eigenvalue weighted by Crippen LogP contribution is -2.43. The molecule has 0 radical (unpaired) electrons. The molecule has 3 rings (SSSR count). The number of carbonyl (C=O) groups excluding carboxylic acids is 1. The van der Waals surface area contributed by atoms with E-state index in [-0.39, 0.29) is 18.5 Å². The van der Waals surface area contributed by atoms with Crippen LogP contribution in [0.5, 0.6) is 11.5 Å². The summed E-state index contributed by atoms with van der Waals surface area (Å²) in [5.74, 6) is 0.278. The van der Waals surface area contributed by atoms with Crippen LogP contribution in [-0.2, 0) is 16.1 Å². The van der Waals surface area contributed by atoms with Gasteiger partial charge in [-0.05, 0) is 17.7 Å². The van der Waals surface area contributed by atoms with E-state index in [0.29, 0.717) is 30.2 Å². The van der Waals surface area contributed by atoms with Crippen molar-refractivity contribution in [3.8, 4) is 17.6 Å². The standard InChI is InChI=1S/C21H22N2O4/c1-25-20-11-17(13-22)7-8-19(20)27-21(24)12-18-15-23(9-10-26-18)14-16-5-3-2-4-6-16/h2-8,11,18H,9-10,12,14-15H2,1H3. The third-order valence-electron chi connectivity index (χ3n) is 4.38. The van der Waals surface area contributed by atoms with Crippen molar-refractivity contribution >= 4 is 5.97 Å². The molecule has 0 amide bonds. The van der Waals surface area contributed by atoms with Crippen LogP contribution in [0.1, 0.15) is 17.5 Å². The third-order valence-corrected chi connectivity index (χ3v) is 4.38. The Kier molecular flexibility index (Phi) is 6.42. The van der Waals surface area contributed by atoms with Gasteiger partial charge in [-0.3, -0.25) is 9.69 Å². The number of ether oxygens (including phenoxy) is 3. The molecule has 27 heavy (non-hydrogen) atoms. The highest BCUT2D eigenvalue weighted by Gasteiger charge is 2.24. The molecular weight excluding hydrogens is 344 g/mol. The van der Waals surface area contributed by atoms with Crippen molar-refractivity contribution < 1.29 is 19.0 Å². The molecule has 0 aliphatic carbocycles. The Labute approximate surface area is 158 Å². The fourth-order valence-corrected chi connectivity index (χ4v) is 3.06. The van der Waals surface area contributed by atoms with Crippen LogP contribution < -0.4 is 9.47 Å². The number of nitrogens with zero attached hydrogens (tertiary/aromatic N) is 2. The van der Waals surface area contributed by atoms with E-state index < -0.39 is 0 Å². The van der Waals surface area contributed by atoms with E-state index >= 15 is 0 Å². The summed E-state index contributed by atoms with van der Waals surface area (Å²) in [6.07, 6.45) is -0.0478. The van der Waals surface area contributed by atoms with Gasteiger partial charge in [0.15, 0.2) is 11.5 Å². The van der Waals surface area contributed by atoms with Crippen LogP contribution in [-0.4, -0.2) is 43.8 Å². The number of hydrogen-bond donors (Lipinski definition) is 0. The normalized spacial score (nSPS) is 17.1. The highest BCUT2D eigenvalue weighted by atomic mass is 16.6. The van der Waals surface area contributed by atoms with E-state index in [2.05, 4.69) is 17.0 Å². The third kappa shape index (κ3) is 5.30. The Morgan fingerprint density at radius 1 is 1.26 bits per heavy atom. The fourth-order valence-electron chi connectivity index (χ4n) is 3.06. The SMILES string of the molecule is COc1cc(C#N)ccc1OC(=O)CC1CN(Cc2ccccc2)CCO1. The van der Waals surface area contributed by atoms with Gasteiger partial charge in [-0.1, -0.05) is 30.3 Å². The molecule has 1 aliphatic heterocycles. The maximum absolute atomic E-state index is 12.3. The molecule has 1 aliphatic rings. The number of morpholine rings is 1. The van der Waals surface area contributed by atoms with Gasteiger partial charge in [0, 0.05) is 25.7 Å². The molecule has 0 bridgehead atoms. The quantitative estimate of drug-likeness (QED) is 0.578. The van der Waals surface area contributed by atoms with E-state index in [1.165, 1.54) is 12.7 Å². The van der Waals surface area contributed by atoms with Crippen LogP contribution >= 0.6 is 0 Å². The molecule has 6 nitrogen and oxygen atoms in total. The summed E-state index contributed by atoms with van der Waals surface area (Å²) in [5.41, 5.74) is 1.68. The Hall–Kier alpha value is -2.88. The van der Waals surface area contributed by atoms with E-state index in [1.54, 1.807) is 18.2 Å². The zero-order valence-electron chi connectivity index (χ0n) is 15.3. The zero-order chi connectivity index (χ0) is 19.1. The first-order valence-corrected chi connectivity index (χ1v) is 8.84. The Balaban J connectivity index is 1.55. The van der Waals surface area contributed by atoms with E-state index in [1.807, 2.05) is 24.3 Å². The number of benzene rings is 2. The van der Waals surface area contributed by atoms with Crippen LogP contribution in [0.2, 0.25) is 0 Å². The van der Waals surface area contributed by atoms with Crippen LogP contribution in [0.3, 0.4) is 0 Å². The molecule has 6 heteroatoms. The second kappa shape index (κ2) is 9.17. The summed E-state index contributed by atoms with van der Waals surface area (Å²) < 4.78 is 16.3. The number of nitriles is 1. The molecule has 0 saturated carbocycles. The topological polar surface area (TPSA) is 71.8 Å². The molecule has 1 atom stereocenters. The molecule has 0 N–H and O–H groups in total. The fraction of sp³-hybridized carbons (Fsp3) is 0.333. The predicted octanol–water partition coefficient (Wildman–Crippen LogP) is 2.76. The van der Waals surface area contributed by atoms with Gasteiger partial charge in [-0.2, -0.15) is 5.26 Å². The smallest absolute Gasteiger partial charge is 0.314 e. The summed E-state index contributed by atoms with van der Waals surface area (Å²) in [7, 11) is 1.47. The molecule has 2 aromatic rings. The Morgan fingerprint density at radius 3 is 2.81 bits per heavy atom. The van der Waals surface area contributed by atoms with Crippen molar-refractivity contribution in [1.82, 2.24) is 4.90 Å². The van der Waals surface area contributed by atoms with Gasteiger partial charge in [0.2, 0.25) is 0 Å². The summed E-state index contributed by atoms with van der Waals surface area (Å²) in [6, 6.07) is 17.0. The van der Waals surface area contributed by atoms with Crippen molar-refractivity contribution in [1.29, 1.82) is 5.26 Å². The van der Waals surface area contributed by atoms with Crippen LogP contribution in [0.15, 0.2) is 48.5 Å². The average molecular weight is 366 g/mol. The van der Waals surface area contributed by atoms with Crippen LogP contribution in [0.25, 0.3) is 0 Å². The number of esters is 1. The zero-order valence-corrected chi connectivity index (χ0v) is 15.3. The highest BCUT2D eigenvalue weighted by molar-refractivity contribution is 5.74. The van der Waals surface area contributed by atoms with Gasteiger partial charge in [0.05, 0.1) is 37.9 Å². The molecule has 1 heterocycles. The Morgan fingerprint density at radius 2 is 2.07 bits per heavy atom. The van der Waals surface area contributed by atoms with Crippen molar-refractivity contribution in [2.24, 2.45) is 0 Å². The van der Waals surface area contributed by atoms with Crippen molar-refractivity contribution in [2.75, 3.05) is 26.8 Å². The maximum Gasteiger partial charge on any atom is 0.314 e. The molecule has 1 saturated heterocycles. The minimum Gasteiger partial charge on any atom is -0.493 e. The van der Waals surface area contributed by atoms with Gasteiger partial charge in [-0.25, -0.2) is 0 Å². The molecule has 140 valence electrons. The summed E-state index contributed by atoms with van der Waals surface area (Å²) in [5, 5.41) is 8.94.